The maximum absolute atomic E-state index is 13.8. The molecule has 1 aromatic heterocycles. The van der Waals surface area contributed by atoms with Crippen LogP contribution in [-0.4, -0.2) is 23.0 Å². The van der Waals surface area contributed by atoms with Gasteiger partial charge < -0.3 is 20.5 Å². The van der Waals surface area contributed by atoms with Crippen LogP contribution in [0.25, 0.3) is 0 Å². The number of nitrogen functional groups attached to an aromatic ring is 1. The second-order valence-corrected chi connectivity index (χ2v) is 6.81. The lowest BCUT2D eigenvalue weighted by Crippen LogP contribution is -2.31. The van der Waals surface area contributed by atoms with Crippen LogP contribution in [0.3, 0.4) is 0 Å². The van der Waals surface area contributed by atoms with E-state index >= 15 is 0 Å². The van der Waals surface area contributed by atoms with Gasteiger partial charge in [-0.2, -0.15) is 4.98 Å². The number of amides is 1. The van der Waals surface area contributed by atoms with Gasteiger partial charge in [-0.05, 0) is 23.8 Å². The molecule has 0 saturated carbocycles. The van der Waals surface area contributed by atoms with Gasteiger partial charge in [0.15, 0.2) is 11.5 Å². The number of hydrogen-bond donors (Lipinski definition) is 3. The molecule has 154 valence electrons. The molecule has 0 bridgehead atoms. The van der Waals surface area contributed by atoms with E-state index in [0.29, 0.717) is 28.2 Å². The molecule has 0 fully saturated rings. The first-order chi connectivity index (χ1) is 14.5. The number of fused-ring (bicyclic) bond motifs is 1. The number of methoxy groups -OCH3 is 1. The van der Waals surface area contributed by atoms with Crippen LogP contribution in [0.4, 0.5) is 16.2 Å². The Morgan fingerprint density at radius 1 is 1.20 bits per heavy atom. The summed E-state index contributed by atoms with van der Waals surface area (Å²) in [7, 11) is 1.48. The number of nitrogens with two attached hydrogens (primary N) is 1. The molecule has 9 heteroatoms. The van der Waals surface area contributed by atoms with E-state index in [4.69, 9.17) is 15.2 Å². The average molecular weight is 410 g/mol. The van der Waals surface area contributed by atoms with Crippen LogP contribution in [0.1, 0.15) is 29.0 Å². The average Bonchev–Trinajstić information content (AvgIpc) is 2.72. The third-order valence-electron chi connectivity index (χ3n) is 4.90. The third-order valence-corrected chi connectivity index (χ3v) is 4.90. The van der Waals surface area contributed by atoms with Crippen molar-refractivity contribution in [1.29, 1.82) is 0 Å². The predicted molar refractivity (Wildman–Crippen MR) is 108 cm³/mol. The van der Waals surface area contributed by atoms with Crippen LogP contribution in [0.15, 0.2) is 47.3 Å². The summed E-state index contributed by atoms with van der Waals surface area (Å²) in [5, 5.41) is 2.58. The summed E-state index contributed by atoms with van der Waals surface area (Å²) in [6.07, 6.45) is 0.0697. The van der Waals surface area contributed by atoms with Crippen molar-refractivity contribution in [2.75, 3.05) is 18.2 Å². The normalized spacial score (nSPS) is 15.3. The zero-order valence-electron chi connectivity index (χ0n) is 16.1. The number of carbonyl (C=O) groups excluding carboxylic acids is 1. The molecule has 4 N–H and O–H groups in total. The van der Waals surface area contributed by atoms with E-state index < -0.39 is 11.5 Å². The Morgan fingerprint density at radius 3 is 2.77 bits per heavy atom. The maximum Gasteiger partial charge on any atom is 0.258 e. The van der Waals surface area contributed by atoms with E-state index in [1.165, 1.54) is 13.2 Å². The molecule has 8 nitrogen and oxygen atoms in total. The summed E-state index contributed by atoms with van der Waals surface area (Å²) in [6, 6.07) is 11.4. The molecule has 0 saturated heterocycles. The van der Waals surface area contributed by atoms with Gasteiger partial charge in [-0.1, -0.05) is 24.3 Å². The molecular formula is C21H19FN4O4. The molecule has 3 aromatic rings. The number of H-pyrrole nitrogens is 1. The number of nitrogens with one attached hydrogen (secondary N) is 2. The molecule has 1 aliphatic heterocycles. The number of benzene rings is 2. The van der Waals surface area contributed by atoms with Crippen LogP contribution < -0.4 is 26.1 Å². The molecule has 30 heavy (non-hydrogen) atoms. The van der Waals surface area contributed by atoms with Crippen molar-refractivity contribution in [3.05, 3.63) is 75.3 Å². The lowest BCUT2D eigenvalue weighted by atomic mass is 9.86. The van der Waals surface area contributed by atoms with Gasteiger partial charge in [-0.15, -0.1) is 0 Å². The molecule has 2 aromatic carbocycles. The number of carbonyl (C=O) groups is 1. The topological polar surface area (TPSA) is 119 Å². The summed E-state index contributed by atoms with van der Waals surface area (Å²) in [5.74, 6) is -0.274. The molecule has 4 rings (SSSR count). The molecule has 2 heterocycles. The van der Waals surface area contributed by atoms with E-state index in [1.807, 2.05) is 0 Å². The van der Waals surface area contributed by atoms with Crippen molar-refractivity contribution >= 4 is 17.7 Å². The van der Waals surface area contributed by atoms with Crippen molar-refractivity contribution in [2.24, 2.45) is 0 Å². The molecule has 0 radical (unpaired) electrons. The number of nitrogens with zero attached hydrogens (tertiary/aromatic N) is 1. The Hall–Kier alpha value is -3.88. The smallest absolute Gasteiger partial charge is 0.258 e. The van der Waals surface area contributed by atoms with Crippen molar-refractivity contribution in [3.63, 3.8) is 0 Å². The summed E-state index contributed by atoms with van der Waals surface area (Å²) < 4.78 is 25.0. The molecular weight excluding hydrogens is 391 g/mol. The van der Waals surface area contributed by atoms with E-state index in [-0.39, 0.29) is 36.5 Å². The van der Waals surface area contributed by atoms with Gasteiger partial charge in [0, 0.05) is 17.9 Å². The van der Waals surface area contributed by atoms with Crippen molar-refractivity contribution in [1.82, 2.24) is 9.97 Å². The fraction of sp³-hybridized carbons (Fsp3) is 0.190. The van der Waals surface area contributed by atoms with Gasteiger partial charge in [-0.25, -0.2) is 4.39 Å². The monoisotopic (exact) mass is 410 g/mol. The molecule has 0 aliphatic carbocycles. The van der Waals surface area contributed by atoms with Gasteiger partial charge in [0.25, 0.3) is 5.56 Å². The van der Waals surface area contributed by atoms with E-state index in [0.717, 1.165) is 0 Å². The zero-order valence-corrected chi connectivity index (χ0v) is 16.1. The number of anilines is 2. The van der Waals surface area contributed by atoms with Gasteiger partial charge in [0.2, 0.25) is 11.9 Å². The Morgan fingerprint density at radius 2 is 2.00 bits per heavy atom. The van der Waals surface area contributed by atoms with Crippen molar-refractivity contribution < 1.29 is 18.7 Å². The Balaban J connectivity index is 1.66. The second-order valence-electron chi connectivity index (χ2n) is 6.81. The predicted octanol–water partition coefficient (Wildman–Crippen LogP) is 2.55. The molecule has 0 unspecified atom stereocenters. The number of hydrogen-bond acceptors (Lipinski definition) is 6. The number of aromatic nitrogens is 2. The Kier molecular flexibility index (Phi) is 5.09. The summed E-state index contributed by atoms with van der Waals surface area (Å²) in [6.45, 7) is 0.0277. The van der Waals surface area contributed by atoms with Crippen molar-refractivity contribution in [2.45, 2.75) is 18.9 Å². The molecule has 0 spiro atoms. The van der Waals surface area contributed by atoms with E-state index in [9.17, 15) is 14.0 Å². The number of rotatable bonds is 5. The minimum atomic E-state index is -0.528. The number of aromatic amines is 1. The first kappa shape index (κ1) is 19.4. The summed E-state index contributed by atoms with van der Waals surface area (Å²) >= 11 is 0. The highest BCUT2D eigenvalue weighted by molar-refractivity contribution is 5.94. The standard InChI is InChI=1S/C21H19FN4O4/c1-29-16-8-11(6-7-15(16)30-10-12-4-2-3-5-14(12)22)13-9-17(27)24-19-18(13)20(28)26-21(23)25-19/h2-8,13H,9-10H2,1H3,(H4,23,24,25,26,27,28)/t13-/m1/s1. The van der Waals surface area contributed by atoms with Gasteiger partial charge in [0.1, 0.15) is 18.2 Å². The Labute approximate surface area is 170 Å². The fourth-order valence-electron chi connectivity index (χ4n) is 3.46. The summed E-state index contributed by atoms with van der Waals surface area (Å²) in [5.41, 5.74) is 6.59. The quantitative estimate of drug-likeness (QED) is 0.595. The highest BCUT2D eigenvalue weighted by atomic mass is 19.1. The lowest BCUT2D eigenvalue weighted by Gasteiger charge is -2.25. The summed E-state index contributed by atoms with van der Waals surface area (Å²) in [4.78, 5) is 31.1. The number of ether oxygens (including phenoxy) is 2. The molecule has 1 amide bonds. The van der Waals surface area contributed by atoms with Crippen LogP contribution in [-0.2, 0) is 11.4 Å². The van der Waals surface area contributed by atoms with Crippen LogP contribution >= 0.6 is 0 Å². The minimum absolute atomic E-state index is 0.0277. The van der Waals surface area contributed by atoms with Crippen LogP contribution in [0.2, 0.25) is 0 Å². The fourth-order valence-corrected chi connectivity index (χ4v) is 3.46. The van der Waals surface area contributed by atoms with Gasteiger partial charge in [-0.3, -0.25) is 14.6 Å². The first-order valence-corrected chi connectivity index (χ1v) is 9.20. The van der Waals surface area contributed by atoms with Crippen LogP contribution in [0, 0.1) is 5.82 Å². The van der Waals surface area contributed by atoms with Crippen LogP contribution in [0.5, 0.6) is 11.5 Å². The maximum atomic E-state index is 13.8. The van der Waals surface area contributed by atoms with E-state index in [1.54, 1.807) is 36.4 Å². The largest absolute Gasteiger partial charge is 0.493 e. The van der Waals surface area contributed by atoms with Gasteiger partial charge in [0.05, 0.1) is 12.7 Å². The highest BCUT2D eigenvalue weighted by Crippen LogP contribution is 2.38. The highest BCUT2D eigenvalue weighted by Gasteiger charge is 2.31. The third kappa shape index (κ3) is 3.69. The zero-order chi connectivity index (χ0) is 21.3. The first-order valence-electron chi connectivity index (χ1n) is 9.20. The molecule has 1 aliphatic rings. The lowest BCUT2D eigenvalue weighted by molar-refractivity contribution is -0.116. The van der Waals surface area contributed by atoms with E-state index in [2.05, 4.69) is 15.3 Å². The second kappa shape index (κ2) is 7.86. The molecule has 1 atom stereocenters. The van der Waals surface area contributed by atoms with Crippen molar-refractivity contribution in [3.8, 4) is 11.5 Å². The van der Waals surface area contributed by atoms with Gasteiger partial charge >= 0.3 is 0 Å². The number of halogens is 1. The minimum Gasteiger partial charge on any atom is -0.493 e. The Bertz CT molecular complexity index is 1180. The SMILES string of the molecule is COc1cc([C@H]2CC(=O)Nc3nc(N)[nH]c(=O)c32)ccc1OCc1ccccc1F.